The lowest BCUT2D eigenvalue weighted by Crippen LogP contribution is -2.16. The van der Waals surface area contributed by atoms with Crippen LogP contribution in [0.5, 0.6) is 0 Å². The van der Waals surface area contributed by atoms with Crippen LogP contribution in [0.1, 0.15) is 25.0 Å². The van der Waals surface area contributed by atoms with E-state index in [-0.39, 0.29) is 5.41 Å². The van der Waals surface area contributed by atoms with Crippen LogP contribution in [0.2, 0.25) is 0 Å². The molecule has 0 amide bonds. The van der Waals surface area contributed by atoms with Crippen molar-refractivity contribution in [2.45, 2.75) is 19.3 Å². The van der Waals surface area contributed by atoms with Crippen molar-refractivity contribution in [2.75, 3.05) is 4.90 Å². The fourth-order valence-corrected chi connectivity index (χ4v) is 10.2. The lowest BCUT2D eigenvalue weighted by Gasteiger charge is -2.28. The van der Waals surface area contributed by atoms with Gasteiger partial charge in [0.05, 0.1) is 0 Å². The van der Waals surface area contributed by atoms with E-state index >= 15 is 0 Å². The summed E-state index contributed by atoms with van der Waals surface area (Å²) >= 11 is 1.90. The molecule has 0 spiro atoms. The van der Waals surface area contributed by atoms with Crippen molar-refractivity contribution >= 4 is 70.1 Å². The summed E-state index contributed by atoms with van der Waals surface area (Å²) in [5.41, 5.74) is 13.6. The quantitative estimate of drug-likeness (QED) is 0.171. The van der Waals surface area contributed by atoms with Gasteiger partial charge in [-0.3, -0.25) is 0 Å². The minimum absolute atomic E-state index is 0.0953. The first-order valence-corrected chi connectivity index (χ1v) is 19.9. The Kier molecular flexibility index (Phi) is 7.14. The highest BCUT2D eigenvalue weighted by Gasteiger charge is 2.35. The van der Waals surface area contributed by atoms with E-state index in [1.165, 1.54) is 86.2 Å². The molecule has 1 nitrogen and oxygen atoms in total. The molecule has 55 heavy (non-hydrogen) atoms. The Morgan fingerprint density at radius 2 is 1.02 bits per heavy atom. The van der Waals surface area contributed by atoms with Crippen molar-refractivity contribution in [1.82, 2.24) is 0 Å². The van der Waals surface area contributed by atoms with Crippen LogP contribution in [0.3, 0.4) is 0 Å². The molecule has 0 bridgehead atoms. The second kappa shape index (κ2) is 12.3. The summed E-state index contributed by atoms with van der Waals surface area (Å²) in [5, 5.41) is 7.79. The van der Waals surface area contributed by atoms with E-state index in [2.05, 4.69) is 207 Å². The molecule has 2 heteroatoms. The predicted molar refractivity (Wildman–Crippen MR) is 237 cm³/mol. The van der Waals surface area contributed by atoms with Gasteiger partial charge in [0.15, 0.2) is 0 Å². The number of anilines is 3. The smallest absolute Gasteiger partial charge is 0.0467 e. The summed E-state index contributed by atoms with van der Waals surface area (Å²) in [4.78, 5) is 2.42. The third kappa shape index (κ3) is 5.13. The van der Waals surface area contributed by atoms with Crippen LogP contribution in [0.4, 0.5) is 17.1 Å². The zero-order chi connectivity index (χ0) is 36.7. The fourth-order valence-electron chi connectivity index (χ4n) is 8.96. The van der Waals surface area contributed by atoms with Gasteiger partial charge < -0.3 is 4.90 Å². The van der Waals surface area contributed by atoms with E-state index < -0.39 is 0 Å². The number of thiophene rings is 1. The number of rotatable bonds is 5. The van der Waals surface area contributed by atoms with Crippen molar-refractivity contribution in [3.8, 4) is 33.4 Å². The summed E-state index contributed by atoms with van der Waals surface area (Å²) in [5.74, 6) is 0. The Morgan fingerprint density at radius 1 is 0.382 bits per heavy atom. The Balaban J connectivity index is 1.02. The first kappa shape index (κ1) is 32.0. The molecule has 0 radical (unpaired) electrons. The molecule has 0 unspecified atom stereocenters. The lowest BCUT2D eigenvalue weighted by atomic mass is 9.82. The molecule has 0 N–H and O–H groups in total. The highest BCUT2D eigenvalue weighted by atomic mass is 32.1. The van der Waals surface area contributed by atoms with Gasteiger partial charge in [-0.05, 0) is 115 Å². The number of hydrogen-bond acceptors (Lipinski definition) is 2. The van der Waals surface area contributed by atoms with Gasteiger partial charge in [-0.15, -0.1) is 11.3 Å². The van der Waals surface area contributed by atoms with Gasteiger partial charge in [0.1, 0.15) is 0 Å². The monoisotopic (exact) mass is 719 g/mol. The van der Waals surface area contributed by atoms with Crippen LogP contribution in [0, 0.1) is 0 Å². The molecule has 10 aromatic rings. The maximum Gasteiger partial charge on any atom is 0.0467 e. The summed E-state index contributed by atoms with van der Waals surface area (Å²) in [6, 6.07) is 69.6. The number of benzene rings is 9. The highest BCUT2D eigenvalue weighted by Crippen LogP contribution is 2.51. The summed E-state index contributed by atoms with van der Waals surface area (Å²) in [6.45, 7) is 4.72. The van der Waals surface area contributed by atoms with Crippen molar-refractivity contribution in [3.63, 3.8) is 0 Å². The van der Waals surface area contributed by atoms with Crippen molar-refractivity contribution in [2.24, 2.45) is 0 Å². The largest absolute Gasteiger partial charge is 0.310 e. The molecule has 0 atom stereocenters. The third-order valence-corrected chi connectivity index (χ3v) is 13.0. The Bertz CT molecular complexity index is 3130. The molecular formula is C53H37NS. The van der Waals surface area contributed by atoms with Crippen LogP contribution in [-0.4, -0.2) is 0 Å². The second-order valence-electron chi connectivity index (χ2n) is 15.4. The van der Waals surface area contributed by atoms with E-state index in [0.717, 1.165) is 17.1 Å². The summed E-state index contributed by atoms with van der Waals surface area (Å²) < 4.78 is 2.68. The Labute approximate surface area is 325 Å². The molecule has 260 valence electrons. The first-order chi connectivity index (χ1) is 27.0. The van der Waals surface area contributed by atoms with Gasteiger partial charge in [0, 0.05) is 42.6 Å². The third-order valence-electron chi connectivity index (χ3n) is 11.8. The van der Waals surface area contributed by atoms with Crippen molar-refractivity contribution in [3.05, 3.63) is 199 Å². The van der Waals surface area contributed by atoms with E-state index in [1.54, 1.807) is 0 Å². The van der Waals surface area contributed by atoms with Crippen molar-refractivity contribution in [1.29, 1.82) is 0 Å². The van der Waals surface area contributed by atoms with E-state index in [0.29, 0.717) is 0 Å². The maximum absolute atomic E-state index is 2.42. The molecular weight excluding hydrogens is 683 g/mol. The standard InChI is InChI=1S/C53H37NS/c1-53(2)49-17-8-7-16-45(49)46-29-26-43(33-50(46)53)54(42-14-9-13-38(31-42)39-19-18-34-10-3-4-12-37(34)30-39)41-24-20-35(21-25-41)40-23-27-47-48-28-22-36-11-5-6-15-44(36)52(48)55-51(47)32-40/h3-33H,1-2H3. The normalized spacial score (nSPS) is 13.1. The van der Waals surface area contributed by atoms with Crippen LogP contribution in [-0.2, 0) is 5.41 Å². The van der Waals surface area contributed by atoms with Crippen LogP contribution in [0.15, 0.2) is 188 Å². The van der Waals surface area contributed by atoms with Gasteiger partial charge in [0.2, 0.25) is 0 Å². The predicted octanol–water partition coefficient (Wildman–Crippen LogP) is 15.5. The van der Waals surface area contributed by atoms with Crippen LogP contribution < -0.4 is 4.90 Å². The van der Waals surface area contributed by atoms with Gasteiger partial charge in [-0.1, -0.05) is 153 Å². The van der Waals surface area contributed by atoms with E-state index in [9.17, 15) is 0 Å². The second-order valence-corrected chi connectivity index (χ2v) is 16.4. The van der Waals surface area contributed by atoms with Gasteiger partial charge in [-0.2, -0.15) is 0 Å². The Hall–Kier alpha value is -6.48. The average molecular weight is 720 g/mol. The number of nitrogens with zero attached hydrogens (tertiary/aromatic N) is 1. The van der Waals surface area contributed by atoms with E-state index in [4.69, 9.17) is 0 Å². The van der Waals surface area contributed by atoms with Crippen LogP contribution >= 0.6 is 11.3 Å². The van der Waals surface area contributed by atoms with Gasteiger partial charge in [-0.25, -0.2) is 0 Å². The van der Waals surface area contributed by atoms with Gasteiger partial charge >= 0.3 is 0 Å². The number of fused-ring (bicyclic) bond motifs is 9. The molecule has 1 aliphatic rings. The van der Waals surface area contributed by atoms with E-state index in [1.807, 2.05) is 11.3 Å². The zero-order valence-corrected chi connectivity index (χ0v) is 31.6. The molecule has 0 saturated carbocycles. The molecule has 0 aliphatic heterocycles. The minimum atomic E-state index is -0.0953. The first-order valence-electron chi connectivity index (χ1n) is 19.1. The van der Waals surface area contributed by atoms with Gasteiger partial charge in [0.25, 0.3) is 0 Å². The molecule has 1 aromatic heterocycles. The minimum Gasteiger partial charge on any atom is -0.310 e. The molecule has 1 aliphatic carbocycles. The van der Waals surface area contributed by atoms with Crippen molar-refractivity contribution < 1.29 is 0 Å². The molecule has 11 rings (SSSR count). The lowest BCUT2D eigenvalue weighted by molar-refractivity contribution is 0.660. The average Bonchev–Trinajstić information content (AvgIpc) is 3.73. The van der Waals surface area contributed by atoms with Crippen LogP contribution in [0.25, 0.3) is 75.1 Å². The summed E-state index contributed by atoms with van der Waals surface area (Å²) in [7, 11) is 0. The maximum atomic E-state index is 2.42. The summed E-state index contributed by atoms with van der Waals surface area (Å²) in [6.07, 6.45) is 0. The molecule has 1 heterocycles. The molecule has 0 fully saturated rings. The topological polar surface area (TPSA) is 3.24 Å². The zero-order valence-electron chi connectivity index (χ0n) is 30.8. The number of hydrogen-bond donors (Lipinski definition) is 0. The SMILES string of the molecule is CC1(C)c2ccccc2-c2ccc(N(c3ccc(-c4ccc5c(c4)sc4c6ccccc6ccc54)cc3)c3cccc(-c4ccc5ccccc5c4)c3)cc21. The fraction of sp³-hybridized carbons (Fsp3) is 0.0566. The molecule has 9 aromatic carbocycles. The Morgan fingerprint density at radius 3 is 1.91 bits per heavy atom. The molecule has 0 saturated heterocycles. The highest BCUT2D eigenvalue weighted by molar-refractivity contribution is 7.26.